The lowest BCUT2D eigenvalue weighted by Crippen LogP contribution is -2.18. The van der Waals surface area contributed by atoms with E-state index in [1.165, 1.54) is 11.6 Å². The number of aliphatic hydroxyl groups is 1. The number of carbonyl (C=O) groups excluding carboxylic acids is 2. The molecule has 0 heterocycles. The van der Waals surface area contributed by atoms with E-state index < -0.39 is 29.7 Å². The maximum absolute atomic E-state index is 13.9. The van der Waals surface area contributed by atoms with Gasteiger partial charge in [-0.15, -0.1) is 0 Å². The van der Waals surface area contributed by atoms with Gasteiger partial charge in [-0.2, -0.15) is 0 Å². The van der Waals surface area contributed by atoms with Crippen LogP contribution in [0.25, 0.3) is 0 Å². The fraction of sp³-hybridized carbons (Fsp3) is 0.250. The van der Waals surface area contributed by atoms with Crippen LogP contribution in [0, 0.1) is 11.6 Å². The molecule has 2 aromatic rings. The lowest BCUT2D eigenvalue weighted by Gasteiger charge is -2.19. The van der Waals surface area contributed by atoms with E-state index in [-0.39, 0.29) is 18.9 Å². The molecule has 4 N–H and O–H groups in total. The van der Waals surface area contributed by atoms with E-state index >= 15 is 0 Å². The highest BCUT2D eigenvalue weighted by Crippen LogP contribution is 2.26. The Kier molecular flexibility index (Phi) is 10.7. The van der Waals surface area contributed by atoms with Gasteiger partial charge in [0, 0.05) is 12.1 Å². The highest BCUT2D eigenvalue weighted by Gasteiger charge is 2.18. The molecule has 1 atom stereocenters. The molecule has 0 radical (unpaired) electrons. The first-order chi connectivity index (χ1) is 16.3. The lowest BCUT2D eigenvalue weighted by atomic mass is 10.0. The minimum atomic E-state index is -0.934. The Morgan fingerprint density at radius 1 is 1.15 bits per heavy atom. The molecule has 0 aliphatic rings. The van der Waals surface area contributed by atoms with Crippen molar-refractivity contribution in [2.75, 3.05) is 18.5 Å². The van der Waals surface area contributed by atoms with Gasteiger partial charge in [0.25, 0.3) is 5.91 Å². The van der Waals surface area contributed by atoms with Crippen molar-refractivity contribution < 1.29 is 38.2 Å². The summed E-state index contributed by atoms with van der Waals surface area (Å²) < 4.78 is 37.8. The minimum Gasteiger partial charge on any atom is -0.491 e. The SMILES string of the molecule is CC(/C=C/CC[C@@H](OC(=O)Nc1ccc(F)cc1F)c1ccc(OCCO)cc1)=C\C(=O)NO. The number of halogens is 2. The molecule has 2 rings (SSSR count). The van der Waals surface area contributed by atoms with Gasteiger partial charge in [0.05, 0.1) is 12.3 Å². The van der Waals surface area contributed by atoms with Crippen LogP contribution in [-0.4, -0.2) is 35.5 Å². The zero-order valence-corrected chi connectivity index (χ0v) is 18.5. The Balaban J connectivity index is 2.10. The molecule has 0 spiro atoms. The predicted molar refractivity (Wildman–Crippen MR) is 120 cm³/mol. The third-order valence-electron chi connectivity index (χ3n) is 4.47. The number of allylic oxidation sites excluding steroid dienone is 3. The molecule has 0 aromatic heterocycles. The fourth-order valence-electron chi connectivity index (χ4n) is 2.90. The minimum absolute atomic E-state index is 0.131. The first-order valence-corrected chi connectivity index (χ1v) is 10.4. The van der Waals surface area contributed by atoms with Crippen LogP contribution < -0.4 is 15.5 Å². The monoisotopic (exact) mass is 476 g/mol. The van der Waals surface area contributed by atoms with Crippen LogP contribution in [-0.2, 0) is 9.53 Å². The number of anilines is 1. The Labute approximate surface area is 195 Å². The topological polar surface area (TPSA) is 117 Å². The molecular formula is C24H26F2N2O6. The first kappa shape index (κ1) is 26.5. The quantitative estimate of drug-likeness (QED) is 0.165. The molecule has 0 unspecified atom stereocenters. The summed E-state index contributed by atoms with van der Waals surface area (Å²) >= 11 is 0. The van der Waals surface area contributed by atoms with Gasteiger partial charge in [-0.3, -0.25) is 15.3 Å². The van der Waals surface area contributed by atoms with Crippen LogP contribution in [0.1, 0.15) is 31.4 Å². The van der Waals surface area contributed by atoms with Crippen molar-refractivity contribution in [2.24, 2.45) is 0 Å². The molecule has 0 aliphatic heterocycles. The summed E-state index contributed by atoms with van der Waals surface area (Å²) in [4.78, 5) is 23.5. The van der Waals surface area contributed by atoms with Gasteiger partial charge in [0.2, 0.25) is 0 Å². The predicted octanol–water partition coefficient (Wildman–Crippen LogP) is 4.41. The number of rotatable bonds is 11. The summed E-state index contributed by atoms with van der Waals surface area (Å²) in [5, 5.41) is 19.7. The maximum atomic E-state index is 13.9. The second kappa shape index (κ2) is 13.7. The van der Waals surface area contributed by atoms with E-state index in [9.17, 15) is 18.4 Å². The molecule has 2 amide bonds. The van der Waals surface area contributed by atoms with Crippen molar-refractivity contribution in [3.05, 3.63) is 83.5 Å². The Morgan fingerprint density at radius 3 is 2.53 bits per heavy atom. The second-order valence-electron chi connectivity index (χ2n) is 7.13. The van der Waals surface area contributed by atoms with Crippen LogP contribution in [0.4, 0.5) is 19.3 Å². The van der Waals surface area contributed by atoms with Crippen molar-refractivity contribution in [1.29, 1.82) is 0 Å². The summed E-state index contributed by atoms with van der Waals surface area (Å²) in [5.74, 6) is -1.84. The van der Waals surface area contributed by atoms with Crippen molar-refractivity contribution in [3.8, 4) is 5.75 Å². The second-order valence-corrected chi connectivity index (χ2v) is 7.13. The largest absolute Gasteiger partial charge is 0.491 e. The lowest BCUT2D eigenvalue weighted by molar-refractivity contribution is -0.124. The van der Waals surface area contributed by atoms with Gasteiger partial charge < -0.3 is 14.6 Å². The zero-order valence-electron chi connectivity index (χ0n) is 18.5. The molecule has 0 bridgehead atoms. The van der Waals surface area contributed by atoms with Crippen molar-refractivity contribution >= 4 is 17.7 Å². The van der Waals surface area contributed by atoms with Gasteiger partial charge in [-0.25, -0.2) is 19.1 Å². The fourth-order valence-corrected chi connectivity index (χ4v) is 2.90. The molecule has 34 heavy (non-hydrogen) atoms. The summed E-state index contributed by atoms with van der Waals surface area (Å²) in [5.41, 5.74) is 2.53. The van der Waals surface area contributed by atoms with Crippen LogP contribution in [0.3, 0.4) is 0 Å². The van der Waals surface area contributed by atoms with E-state index in [0.29, 0.717) is 35.8 Å². The molecule has 0 aliphatic carbocycles. The Morgan fingerprint density at radius 2 is 1.88 bits per heavy atom. The van der Waals surface area contributed by atoms with Crippen molar-refractivity contribution in [3.63, 3.8) is 0 Å². The van der Waals surface area contributed by atoms with Crippen molar-refractivity contribution in [1.82, 2.24) is 5.48 Å². The molecule has 0 saturated carbocycles. The maximum Gasteiger partial charge on any atom is 0.412 e. The van der Waals surface area contributed by atoms with E-state index in [1.807, 2.05) is 0 Å². The number of nitrogens with one attached hydrogen (secondary N) is 2. The van der Waals surface area contributed by atoms with Gasteiger partial charge in [-0.05, 0) is 55.2 Å². The summed E-state index contributed by atoms with van der Waals surface area (Å²) in [6.45, 7) is 1.68. The number of amides is 2. The van der Waals surface area contributed by atoms with Crippen LogP contribution in [0.2, 0.25) is 0 Å². The van der Waals surface area contributed by atoms with E-state index in [1.54, 1.807) is 43.3 Å². The first-order valence-electron chi connectivity index (χ1n) is 10.4. The molecule has 8 nitrogen and oxygen atoms in total. The van der Waals surface area contributed by atoms with Gasteiger partial charge in [0.15, 0.2) is 0 Å². The van der Waals surface area contributed by atoms with Crippen molar-refractivity contribution in [2.45, 2.75) is 25.9 Å². The summed E-state index contributed by atoms with van der Waals surface area (Å²) in [7, 11) is 0. The number of hydroxylamine groups is 1. The Hall–Kier alpha value is -3.76. The average Bonchev–Trinajstić information content (AvgIpc) is 2.81. The average molecular weight is 476 g/mol. The van der Waals surface area contributed by atoms with E-state index in [2.05, 4.69) is 5.32 Å². The van der Waals surface area contributed by atoms with Gasteiger partial charge in [-0.1, -0.05) is 24.3 Å². The highest BCUT2D eigenvalue weighted by atomic mass is 19.1. The smallest absolute Gasteiger partial charge is 0.412 e. The van der Waals surface area contributed by atoms with Gasteiger partial charge in [0.1, 0.15) is 30.1 Å². The zero-order chi connectivity index (χ0) is 24.9. The summed E-state index contributed by atoms with van der Waals surface area (Å²) in [6, 6.07) is 9.47. The van der Waals surface area contributed by atoms with Gasteiger partial charge >= 0.3 is 6.09 Å². The molecule has 182 valence electrons. The van der Waals surface area contributed by atoms with Crippen LogP contribution >= 0.6 is 0 Å². The molecule has 0 saturated heterocycles. The number of carbonyl (C=O) groups is 2. The van der Waals surface area contributed by atoms with E-state index in [0.717, 1.165) is 12.1 Å². The third kappa shape index (κ3) is 9.00. The molecular weight excluding hydrogens is 450 g/mol. The molecule has 10 heteroatoms. The number of aliphatic hydroxyl groups excluding tert-OH is 1. The third-order valence-corrected chi connectivity index (χ3v) is 4.47. The summed E-state index contributed by atoms with van der Waals surface area (Å²) in [6.07, 6.45) is 3.82. The van der Waals surface area contributed by atoms with E-state index in [4.69, 9.17) is 19.8 Å². The molecule has 0 fully saturated rings. The molecule has 2 aromatic carbocycles. The number of benzene rings is 2. The number of ether oxygens (including phenoxy) is 2. The Bertz CT molecular complexity index is 1020. The number of hydrogen-bond donors (Lipinski definition) is 4. The normalized spacial score (nSPS) is 12.3. The van der Waals surface area contributed by atoms with Crippen LogP contribution in [0.15, 0.2) is 66.3 Å². The van der Waals surface area contributed by atoms with Crippen LogP contribution in [0.5, 0.6) is 5.75 Å². The number of hydrogen-bond acceptors (Lipinski definition) is 6. The standard InChI is InChI=1S/C24H26F2N2O6/c1-16(14-23(30)28-32)4-2-3-5-22(17-6-9-19(10-7-17)33-13-12-29)34-24(31)27-21-11-8-18(25)15-20(21)26/h2,4,6-11,14-15,22,29,32H,3,5,12-13H2,1H3,(H,27,31)(H,28,30)/b4-2+,16-14+/t22-/m1/s1. The highest BCUT2D eigenvalue weighted by molar-refractivity contribution is 5.87.